The van der Waals surface area contributed by atoms with Crippen molar-refractivity contribution in [3.63, 3.8) is 0 Å². The highest BCUT2D eigenvalue weighted by atomic mass is 32.2. The quantitative estimate of drug-likeness (QED) is 0.784. The standard InChI is InChI=1S/C12H13NOS/c1-8-3-4-12(10(13)7-8)15-11-5-6-14-9(11)2/h3-7H,13H2,1-2H3. The molecule has 0 unspecified atom stereocenters. The maximum Gasteiger partial charge on any atom is 0.114 e. The summed E-state index contributed by atoms with van der Waals surface area (Å²) < 4.78 is 5.24. The predicted octanol–water partition coefficient (Wildman–Crippen LogP) is 3.63. The summed E-state index contributed by atoms with van der Waals surface area (Å²) in [4.78, 5) is 2.19. The molecular formula is C12H13NOS. The summed E-state index contributed by atoms with van der Waals surface area (Å²) in [5.74, 6) is 0.931. The maximum atomic E-state index is 5.94. The van der Waals surface area contributed by atoms with Gasteiger partial charge in [0.25, 0.3) is 0 Å². The molecular weight excluding hydrogens is 206 g/mol. The van der Waals surface area contributed by atoms with E-state index in [0.717, 1.165) is 21.2 Å². The number of aryl methyl sites for hydroxylation is 2. The van der Waals surface area contributed by atoms with Crippen LogP contribution >= 0.6 is 11.8 Å². The van der Waals surface area contributed by atoms with Gasteiger partial charge in [-0.3, -0.25) is 0 Å². The van der Waals surface area contributed by atoms with E-state index >= 15 is 0 Å². The van der Waals surface area contributed by atoms with E-state index < -0.39 is 0 Å². The molecule has 1 aromatic carbocycles. The van der Waals surface area contributed by atoms with Gasteiger partial charge < -0.3 is 10.2 Å². The Morgan fingerprint density at radius 2 is 1.93 bits per heavy atom. The fourth-order valence-corrected chi connectivity index (χ4v) is 2.22. The molecule has 0 atom stereocenters. The first-order valence-corrected chi connectivity index (χ1v) is 5.56. The van der Waals surface area contributed by atoms with Gasteiger partial charge in [-0.15, -0.1) is 0 Å². The van der Waals surface area contributed by atoms with E-state index in [9.17, 15) is 0 Å². The lowest BCUT2D eigenvalue weighted by Gasteiger charge is -2.05. The van der Waals surface area contributed by atoms with Crippen LogP contribution in [0.15, 0.2) is 44.7 Å². The van der Waals surface area contributed by atoms with Gasteiger partial charge in [0.2, 0.25) is 0 Å². The monoisotopic (exact) mass is 219 g/mol. The van der Waals surface area contributed by atoms with E-state index in [2.05, 4.69) is 6.07 Å². The van der Waals surface area contributed by atoms with Crippen LogP contribution in [0.4, 0.5) is 5.69 Å². The van der Waals surface area contributed by atoms with Crippen LogP contribution in [0.25, 0.3) is 0 Å². The van der Waals surface area contributed by atoms with E-state index in [4.69, 9.17) is 10.2 Å². The third kappa shape index (κ3) is 2.18. The van der Waals surface area contributed by atoms with E-state index in [1.54, 1.807) is 18.0 Å². The smallest absolute Gasteiger partial charge is 0.114 e. The third-order valence-corrected chi connectivity index (χ3v) is 3.43. The molecule has 15 heavy (non-hydrogen) atoms. The zero-order valence-corrected chi connectivity index (χ0v) is 9.60. The molecule has 2 aromatic rings. The zero-order valence-electron chi connectivity index (χ0n) is 8.78. The molecule has 0 fully saturated rings. The second-order valence-corrected chi connectivity index (χ2v) is 4.57. The van der Waals surface area contributed by atoms with Gasteiger partial charge in [0.1, 0.15) is 5.76 Å². The minimum atomic E-state index is 0.820. The lowest BCUT2D eigenvalue weighted by atomic mass is 10.2. The van der Waals surface area contributed by atoms with Gasteiger partial charge in [-0.05, 0) is 37.6 Å². The Bertz CT molecular complexity index is 476. The molecule has 0 aliphatic carbocycles. The van der Waals surface area contributed by atoms with Gasteiger partial charge >= 0.3 is 0 Å². The number of nitrogen functional groups attached to an aromatic ring is 1. The number of benzene rings is 1. The molecule has 2 nitrogen and oxygen atoms in total. The van der Waals surface area contributed by atoms with Crippen LogP contribution < -0.4 is 5.73 Å². The molecule has 1 aromatic heterocycles. The lowest BCUT2D eigenvalue weighted by molar-refractivity contribution is 0.527. The normalized spacial score (nSPS) is 10.5. The maximum absolute atomic E-state index is 5.94. The number of anilines is 1. The van der Waals surface area contributed by atoms with Crippen molar-refractivity contribution < 1.29 is 4.42 Å². The molecule has 78 valence electrons. The minimum absolute atomic E-state index is 0.820. The van der Waals surface area contributed by atoms with Crippen molar-refractivity contribution >= 4 is 17.4 Å². The van der Waals surface area contributed by atoms with Crippen LogP contribution in [0, 0.1) is 13.8 Å². The average Bonchev–Trinajstić information content (AvgIpc) is 2.57. The number of furan rings is 1. The highest BCUT2D eigenvalue weighted by molar-refractivity contribution is 7.99. The van der Waals surface area contributed by atoms with Crippen molar-refractivity contribution in [1.29, 1.82) is 0 Å². The Kier molecular flexibility index (Phi) is 2.73. The molecule has 0 amide bonds. The molecule has 3 heteroatoms. The highest BCUT2D eigenvalue weighted by Crippen LogP contribution is 2.34. The summed E-state index contributed by atoms with van der Waals surface area (Å²) in [5.41, 5.74) is 7.94. The number of hydrogen-bond donors (Lipinski definition) is 1. The molecule has 2 rings (SSSR count). The summed E-state index contributed by atoms with van der Waals surface area (Å²) in [7, 11) is 0. The number of nitrogens with two attached hydrogens (primary N) is 1. The van der Waals surface area contributed by atoms with Gasteiger partial charge in [0, 0.05) is 10.6 Å². The second-order valence-electron chi connectivity index (χ2n) is 3.48. The molecule has 0 spiro atoms. The number of rotatable bonds is 2. The summed E-state index contributed by atoms with van der Waals surface area (Å²) in [6.45, 7) is 3.99. The van der Waals surface area contributed by atoms with E-state index in [0.29, 0.717) is 0 Å². The molecule has 0 aliphatic rings. The topological polar surface area (TPSA) is 39.2 Å². The van der Waals surface area contributed by atoms with Crippen LogP contribution in [-0.2, 0) is 0 Å². The summed E-state index contributed by atoms with van der Waals surface area (Å²) in [5, 5.41) is 0. The summed E-state index contributed by atoms with van der Waals surface area (Å²) >= 11 is 1.64. The van der Waals surface area contributed by atoms with Gasteiger partial charge in [0.05, 0.1) is 11.2 Å². The van der Waals surface area contributed by atoms with Gasteiger partial charge in [-0.2, -0.15) is 0 Å². The van der Waals surface area contributed by atoms with E-state index in [1.807, 2.05) is 32.0 Å². The van der Waals surface area contributed by atoms with E-state index in [-0.39, 0.29) is 0 Å². The molecule has 0 aliphatic heterocycles. The van der Waals surface area contributed by atoms with Gasteiger partial charge in [0.15, 0.2) is 0 Å². The Hall–Kier alpha value is -1.35. The zero-order chi connectivity index (χ0) is 10.8. The van der Waals surface area contributed by atoms with Gasteiger partial charge in [-0.1, -0.05) is 17.8 Å². The predicted molar refractivity (Wildman–Crippen MR) is 63.2 cm³/mol. The Morgan fingerprint density at radius 3 is 2.53 bits per heavy atom. The van der Waals surface area contributed by atoms with Crippen molar-refractivity contribution in [2.24, 2.45) is 0 Å². The van der Waals surface area contributed by atoms with Crippen molar-refractivity contribution in [2.75, 3.05) is 5.73 Å². The second kappa shape index (κ2) is 4.03. The lowest BCUT2D eigenvalue weighted by Crippen LogP contribution is -1.89. The Balaban J connectivity index is 2.29. The van der Waals surface area contributed by atoms with Crippen LogP contribution in [0.1, 0.15) is 11.3 Å². The van der Waals surface area contributed by atoms with Crippen LogP contribution in [0.3, 0.4) is 0 Å². The first kappa shape index (κ1) is 10.2. The van der Waals surface area contributed by atoms with Crippen molar-refractivity contribution in [2.45, 2.75) is 23.6 Å². The highest BCUT2D eigenvalue weighted by Gasteiger charge is 2.06. The van der Waals surface area contributed by atoms with Crippen molar-refractivity contribution in [3.8, 4) is 0 Å². The number of hydrogen-bond acceptors (Lipinski definition) is 3. The van der Waals surface area contributed by atoms with Crippen molar-refractivity contribution in [3.05, 3.63) is 41.9 Å². The SMILES string of the molecule is Cc1ccc(Sc2ccoc2C)c(N)c1. The largest absolute Gasteiger partial charge is 0.468 e. The third-order valence-electron chi connectivity index (χ3n) is 2.20. The van der Waals surface area contributed by atoms with Gasteiger partial charge in [-0.25, -0.2) is 0 Å². The molecule has 0 bridgehead atoms. The molecule has 1 heterocycles. The van der Waals surface area contributed by atoms with Crippen LogP contribution in [-0.4, -0.2) is 0 Å². The molecule has 0 radical (unpaired) electrons. The Morgan fingerprint density at radius 1 is 1.13 bits per heavy atom. The minimum Gasteiger partial charge on any atom is -0.468 e. The molecule has 0 saturated carbocycles. The molecule has 2 N–H and O–H groups in total. The van der Waals surface area contributed by atoms with Crippen LogP contribution in [0.5, 0.6) is 0 Å². The fraction of sp³-hybridized carbons (Fsp3) is 0.167. The first-order chi connectivity index (χ1) is 7.16. The summed E-state index contributed by atoms with van der Waals surface area (Å²) in [6.07, 6.45) is 1.70. The van der Waals surface area contributed by atoms with E-state index in [1.165, 1.54) is 5.56 Å². The molecule has 0 saturated heterocycles. The average molecular weight is 219 g/mol. The fourth-order valence-electron chi connectivity index (χ4n) is 1.36. The summed E-state index contributed by atoms with van der Waals surface area (Å²) in [6, 6.07) is 8.05. The first-order valence-electron chi connectivity index (χ1n) is 4.75. The van der Waals surface area contributed by atoms with Crippen LogP contribution in [0.2, 0.25) is 0 Å². The van der Waals surface area contributed by atoms with Crippen molar-refractivity contribution in [1.82, 2.24) is 0 Å². The Labute approximate surface area is 93.5 Å².